The second-order valence-electron chi connectivity index (χ2n) is 2.05. The summed E-state index contributed by atoms with van der Waals surface area (Å²) in [7, 11) is 4.05. The van der Waals surface area contributed by atoms with Gasteiger partial charge in [0.1, 0.15) is 0 Å². The highest BCUT2D eigenvalue weighted by Gasteiger charge is 1.97. The first-order chi connectivity index (χ1) is 3.18. The summed E-state index contributed by atoms with van der Waals surface area (Å²) >= 11 is 0. The van der Waals surface area contributed by atoms with Crippen molar-refractivity contribution < 1.29 is 0 Å². The van der Waals surface area contributed by atoms with Gasteiger partial charge in [0.05, 0.1) is 0 Å². The summed E-state index contributed by atoms with van der Waals surface area (Å²) in [5.41, 5.74) is 5.33. The van der Waals surface area contributed by atoms with Crippen LogP contribution in [0.3, 0.4) is 0 Å². The van der Waals surface area contributed by atoms with Crippen molar-refractivity contribution >= 4 is 24.8 Å². The van der Waals surface area contributed by atoms with Crippen molar-refractivity contribution in [2.24, 2.45) is 5.73 Å². The van der Waals surface area contributed by atoms with Crippen LogP contribution in [0.1, 0.15) is 6.92 Å². The van der Waals surface area contributed by atoms with Crippen molar-refractivity contribution in [3.8, 4) is 0 Å². The van der Waals surface area contributed by atoms with Gasteiger partial charge in [-0.15, -0.1) is 24.8 Å². The zero-order valence-electron chi connectivity index (χ0n) is 6.13. The van der Waals surface area contributed by atoms with E-state index in [2.05, 4.69) is 11.8 Å². The highest BCUT2D eigenvalue weighted by Crippen LogP contribution is 1.84. The first-order valence-electron chi connectivity index (χ1n) is 2.55. The normalized spacial score (nSPS) is 11.7. The molecule has 0 saturated heterocycles. The molecule has 0 saturated carbocycles. The van der Waals surface area contributed by atoms with E-state index in [0.29, 0.717) is 6.04 Å². The van der Waals surface area contributed by atoms with Crippen molar-refractivity contribution in [3.63, 3.8) is 0 Å². The van der Waals surface area contributed by atoms with E-state index in [1.54, 1.807) is 0 Å². The van der Waals surface area contributed by atoms with Gasteiger partial charge in [-0.25, -0.2) is 0 Å². The van der Waals surface area contributed by atoms with Crippen LogP contribution in [0, 0.1) is 0 Å². The van der Waals surface area contributed by atoms with Gasteiger partial charge in [0.2, 0.25) is 0 Å². The lowest BCUT2D eigenvalue weighted by molar-refractivity contribution is 0.320. The monoisotopic (exact) mass is 174 g/mol. The van der Waals surface area contributed by atoms with Crippen LogP contribution < -0.4 is 5.73 Å². The quantitative estimate of drug-likeness (QED) is 0.670. The molecule has 0 heterocycles. The maximum absolute atomic E-state index is 5.33. The predicted octanol–water partition coefficient (Wildman–Crippen LogP) is 0.739. The molecule has 0 aromatic heterocycles. The van der Waals surface area contributed by atoms with Gasteiger partial charge in [0.15, 0.2) is 0 Å². The fourth-order valence-corrected chi connectivity index (χ4v) is 0.211. The Balaban J connectivity index is -0.000000180. The second kappa shape index (κ2) is 8.50. The third-order valence-corrected chi connectivity index (χ3v) is 1.22. The number of hydrogen-bond donors (Lipinski definition) is 1. The highest BCUT2D eigenvalue weighted by atomic mass is 35.5. The molecule has 0 aliphatic carbocycles. The van der Waals surface area contributed by atoms with E-state index >= 15 is 0 Å². The fraction of sp³-hybridized carbons (Fsp3) is 1.00. The predicted molar refractivity (Wildman–Crippen MR) is 46.7 cm³/mol. The lowest BCUT2D eigenvalue weighted by Crippen LogP contribution is -2.31. The molecule has 0 aromatic rings. The number of nitrogens with zero attached hydrogens (tertiary/aromatic N) is 1. The number of halogens is 2. The van der Waals surface area contributed by atoms with Crippen molar-refractivity contribution in [2.45, 2.75) is 13.0 Å². The van der Waals surface area contributed by atoms with Crippen LogP contribution in [0.25, 0.3) is 0 Å². The largest absolute Gasteiger partial charge is 0.329 e. The second-order valence-corrected chi connectivity index (χ2v) is 2.05. The molecule has 0 bridgehead atoms. The molecule has 0 rings (SSSR count). The van der Waals surface area contributed by atoms with Gasteiger partial charge in [-0.1, -0.05) is 0 Å². The molecule has 2 nitrogen and oxygen atoms in total. The van der Waals surface area contributed by atoms with Crippen molar-refractivity contribution in [1.29, 1.82) is 0 Å². The lowest BCUT2D eigenvalue weighted by Gasteiger charge is -2.16. The molecular weight excluding hydrogens is 159 g/mol. The summed E-state index contributed by atoms with van der Waals surface area (Å²) in [6.07, 6.45) is 0. The summed E-state index contributed by atoms with van der Waals surface area (Å²) < 4.78 is 0. The van der Waals surface area contributed by atoms with E-state index < -0.39 is 0 Å². The Labute approximate surface area is 69.6 Å². The molecule has 1 atom stereocenters. The summed E-state index contributed by atoms with van der Waals surface area (Å²) in [6, 6.07) is 0.514. The minimum Gasteiger partial charge on any atom is -0.329 e. The summed E-state index contributed by atoms with van der Waals surface area (Å²) in [5.74, 6) is 0. The van der Waals surface area contributed by atoms with Crippen LogP contribution in [-0.4, -0.2) is 31.6 Å². The molecule has 4 heteroatoms. The molecule has 0 spiro atoms. The van der Waals surface area contributed by atoms with Gasteiger partial charge in [-0.05, 0) is 21.0 Å². The molecule has 60 valence electrons. The van der Waals surface area contributed by atoms with E-state index in [9.17, 15) is 0 Å². The molecule has 0 radical (unpaired) electrons. The number of rotatable bonds is 2. The van der Waals surface area contributed by atoms with Crippen molar-refractivity contribution in [3.05, 3.63) is 0 Å². The van der Waals surface area contributed by atoms with Gasteiger partial charge < -0.3 is 10.6 Å². The molecule has 0 amide bonds. The average molecular weight is 175 g/mol. The Kier molecular flexibility index (Phi) is 15.3. The molecule has 9 heavy (non-hydrogen) atoms. The lowest BCUT2D eigenvalue weighted by atomic mass is 10.3. The van der Waals surface area contributed by atoms with Gasteiger partial charge in [-0.3, -0.25) is 0 Å². The number of likely N-dealkylation sites (N-methyl/N-ethyl adjacent to an activating group) is 1. The minimum absolute atomic E-state index is 0. The molecule has 0 aliphatic heterocycles. The van der Waals surface area contributed by atoms with Crippen LogP contribution in [0.5, 0.6) is 0 Å². The molecule has 2 N–H and O–H groups in total. The molecule has 0 aliphatic rings. The molecule has 0 fully saturated rings. The Morgan fingerprint density at radius 3 is 1.67 bits per heavy atom. The van der Waals surface area contributed by atoms with E-state index in [0.717, 1.165) is 6.54 Å². The Hall–Kier alpha value is 0.500. The Bertz CT molecular complexity index is 50.2. The number of hydrogen-bond acceptors (Lipinski definition) is 2. The van der Waals surface area contributed by atoms with E-state index in [4.69, 9.17) is 5.73 Å². The van der Waals surface area contributed by atoms with Crippen LogP contribution in [0.2, 0.25) is 0 Å². The minimum atomic E-state index is 0. The molecular formula is C5H16Cl2N2. The summed E-state index contributed by atoms with van der Waals surface area (Å²) in [6.45, 7) is 2.84. The molecule has 0 unspecified atom stereocenters. The van der Waals surface area contributed by atoms with Crippen LogP contribution in [0.4, 0.5) is 0 Å². The smallest absolute Gasteiger partial charge is 0.0184 e. The van der Waals surface area contributed by atoms with Crippen molar-refractivity contribution in [2.75, 3.05) is 20.6 Å². The van der Waals surface area contributed by atoms with Gasteiger partial charge >= 0.3 is 0 Å². The third kappa shape index (κ3) is 8.50. The Morgan fingerprint density at radius 2 is 1.67 bits per heavy atom. The maximum Gasteiger partial charge on any atom is 0.0184 e. The van der Waals surface area contributed by atoms with Gasteiger partial charge in [0.25, 0.3) is 0 Å². The van der Waals surface area contributed by atoms with Gasteiger partial charge in [0, 0.05) is 12.6 Å². The zero-order valence-corrected chi connectivity index (χ0v) is 7.76. The van der Waals surface area contributed by atoms with E-state index in [-0.39, 0.29) is 24.8 Å². The van der Waals surface area contributed by atoms with E-state index in [1.165, 1.54) is 0 Å². The summed E-state index contributed by atoms with van der Waals surface area (Å²) in [4.78, 5) is 2.10. The first kappa shape index (κ1) is 16.2. The standard InChI is InChI=1S/C5H14N2.2ClH/c1-5(4-6)7(2)3;;/h5H,4,6H2,1-3H3;2*1H/t5-;;/m1../s1. The van der Waals surface area contributed by atoms with Gasteiger partial charge in [-0.2, -0.15) is 0 Å². The maximum atomic E-state index is 5.33. The number of nitrogens with two attached hydrogens (primary N) is 1. The van der Waals surface area contributed by atoms with Crippen molar-refractivity contribution in [1.82, 2.24) is 4.90 Å². The average Bonchev–Trinajstić information content (AvgIpc) is 1.65. The van der Waals surface area contributed by atoms with Crippen LogP contribution >= 0.6 is 24.8 Å². The Morgan fingerprint density at radius 1 is 1.33 bits per heavy atom. The fourth-order valence-electron chi connectivity index (χ4n) is 0.211. The topological polar surface area (TPSA) is 29.3 Å². The third-order valence-electron chi connectivity index (χ3n) is 1.22. The van der Waals surface area contributed by atoms with Crippen LogP contribution in [0.15, 0.2) is 0 Å². The van der Waals surface area contributed by atoms with E-state index in [1.807, 2.05) is 14.1 Å². The molecule has 0 aromatic carbocycles. The summed E-state index contributed by atoms with van der Waals surface area (Å²) in [5, 5.41) is 0. The zero-order chi connectivity index (χ0) is 5.86. The first-order valence-corrected chi connectivity index (χ1v) is 2.55. The SMILES string of the molecule is C[C@H](CN)N(C)C.Cl.Cl. The highest BCUT2D eigenvalue weighted by molar-refractivity contribution is 5.85. The van der Waals surface area contributed by atoms with Crippen LogP contribution in [-0.2, 0) is 0 Å².